The molecular weight excluding hydrogens is 767 g/mol. The van der Waals surface area contributed by atoms with Crippen molar-refractivity contribution in [3.63, 3.8) is 0 Å². The molecule has 0 amide bonds. The summed E-state index contributed by atoms with van der Waals surface area (Å²) in [4.78, 5) is 34.6. The highest BCUT2D eigenvalue weighted by atomic mass is 31.2. The minimum atomic E-state index is -4.65. The summed E-state index contributed by atoms with van der Waals surface area (Å²) in [6.45, 7) is 2.01. The normalized spacial score (nSPS) is 14.6. The Morgan fingerprint density at radius 1 is 0.475 bits per heavy atom. The van der Waals surface area contributed by atoms with Crippen LogP contribution >= 0.6 is 7.82 Å². The number of esters is 2. The van der Waals surface area contributed by atoms with Gasteiger partial charge in [-0.25, -0.2) is 4.57 Å². The van der Waals surface area contributed by atoms with E-state index in [-0.39, 0.29) is 12.8 Å². The smallest absolute Gasteiger partial charge is 0.457 e. The van der Waals surface area contributed by atoms with Crippen LogP contribution in [-0.4, -0.2) is 65.7 Å². The van der Waals surface area contributed by atoms with Gasteiger partial charge in [-0.15, -0.1) is 0 Å². The molecule has 0 aromatic heterocycles. The molecule has 0 spiro atoms. The molecule has 3 unspecified atom stereocenters. The van der Waals surface area contributed by atoms with E-state index >= 15 is 0 Å². The fourth-order valence-electron chi connectivity index (χ4n) is 5.64. The minimum absolute atomic E-state index is 0.158. The number of carbonyl (C=O) groups is 2. The van der Waals surface area contributed by atoms with E-state index in [9.17, 15) is 29.3 Å². The maximum absolute atomic E-state index is 12.4. The van der Waals surface area contributed by atoms with Crippen molar-refractivity contribution in [1.29, 1.82) is 0 Å². The second-order valence-electron chi connectivity index (χ2n) is 14.6. The number of carbonyl (C=O) groups excluding carboxylic acids is 2. The molecule has 0 saturated heterocycles. The topological polar surface area (TPSA) is 149 Å². The summed E-state index contributed by atoms with van der Waals surface area (Å²) >= 11 is 0. The van der Waals surface area contributed by atoms with Crippen LogP contribution in [0.25, 0.3) is 0 Å². The second kappa shape index (κ2) is 43.2. The largest absolute Gasteiger partial charge is 0.472 e. The molecule has 0 heterocycles. The molecule has 0 aromatic rings. The lowest BCUT2D eigenvalue weighted by atomic mass is 10.1. The Morgan fingerprint density at radius 2 is 0.797 bits per heavy atom. The van der Waals surface area contributed by atoms with Gasteiger partial charge in [-0.05, 0) is 89.9 Å². The number of aliphatic hydroxyl groups is 2. The summed E-state index contributed by atoms with van der Waals surface area (Å²) in [7, 11) is -4.65. The Labute approximate surface area is 358 Å². The molecule has 0 bridgehead atoms. The van der Waals surface area contributed by atoms with Crippen molar-refractivity contribution in [2.24, 2.45) is 0 Å². The van der Waals surface area contributed by atoms with Gasteiger partial charge in [0.2, 0.25) is 0 Å². The Bertz CT molecular complexity index is 1250. The quantitative estimate of drug-likeness (QED) is 0.0235. The van der Waals surface area contributed by atoms with E-state index in [4.69, 9.17) is 18.5 Å². The molecule has 11 heteroatoms. The maximum atomic E-state index is 12.4. The van der Waals surface area contributed by atoms with Crippen molar-refractivity contribution in [3.8, 4) is 0 Å². The molecule has 3 atom stereocenters. The standard InChI is InChI=1S/C48H81O10P/c1-3-5-7-9-11-13-15-17-19-21-22-24-26-28-30-32-34-36-38-40-48(52)58-46(42-50)44-56-59(53,54)55-43-45(41-49)57-47(51)39-37-35-33-31-29-27-25-23-20-18-16-14-12-10-8-6-4-2/h6,8,11-14,17-20,22,24-25,27,45-46,49-50H,3-5,7,9-10,15-16,21,23,26,28-44H2,1-2H3,(H,53,54)/b8-6-,13-11-,14-12-,19-17-,20-18-,24-22-,27-25-. The number of unbranched alkanes of at least 4 members (excludes halogenated alkanes) is 13. The zero-order chi connectivity index (χ0) is 43.3. The third kappa shape index (κ3) is 41.7. The monoisotopic (exact) mass is 849 g/mol. The third-order valence-electron chi connectivity index (χ3n) is 9.09. The number of rotatable bonds is 41. The van der Waals surface area contributed by atoms with E-state index in [1.807, 2.05) is 0 Å². The summed E-state index contributed by atoms with van der Waals surface area (Å²) in [5.74, 6) is -1.06. The van der Waals surface area contributed by atoms with Gasteiger partial charge in [0.15, 0.2) is 0 Å². The molecule has 0 aliphatic heterocycles. The van der Waals surface area contributed by atoms with Crippen molar-refractivity contribution in [1.82, 2.24) is 0 Å². The van der Waals surface area contributed by atoms with E-state index in [2.05, 4.69) is 98.9 Å². The number of hydrogen-bond acceptors (Lipinski definition) is 9. The lowest BCUT2D eigenvalue weighted by Gasteiger charge is -2.20. The highest BCUT2D eigenvalue weighted by Gasteiger charge is 2.27. The van der Waals surface area contributed by atoms with Gasteiger partial charge in [-0.2, -0.15) is 0 Å². The molecule has 10 nitrogen and oxygen atoms in total. The van der Waals surface area contributed by atoms with Crippen LogP contribution in [0, 0.1) is 0 Å². The van der Waals surface area contributed by atoms with Gasteiger partial charge in [-0.1, -0.05) is 150 Å². The van der Waals surface area contributed by atoms with Crippen molar-refractivity contribution in [2.75, 3.05) is 26.4 Å². The number of aliphatic hydroxyl groups excluding tert-OH is 2. The average molecular weight is 849 g/mol. The molecule has 0 aromatic carbocycles. The first-order valence-corrected chi connectivity index (χ1v) is 24.0. The van der Waals surface area contributed by atoms with Crippen LogP contribution in [-0.2, 0) is 32.7 Å². The number of ether oxygens (including phenoxy) is 2. The minimum Gasteiger partial charge on any atom is -0.457 e. The van der Waals surface area contributed by atoms with Gasteiger partial charge in [0.1, 0.15) is 12.2 Å². The van der Waals surface area contributed by atoms with Crippen LogP contribution in [0.5, 0.6) is 0 Å². The fourth-order valence-corrected chi connectivity index (χ4v) is 6.42. The van der Waals surface area contributed by atoms with Crippen LogP contribution in [0.1, 0.15) is 168 Å². The van der Waals surface area contributed by atoms with Gasteiger partial charge in [0.05, 0.1) is 26.4 Å². The molecule has 338 valence electrons. The summed E-state index contributed by atoms with van der Waals surface area (Å²) in [5.41, 5.74) is 0. The van der Waals surface area contributed by atoms with E-state index in [1.165, 1.54) is 25.7 Å². The SMILES string of the molecule is CC/C=C\C/C=C\C/C=C\C/C=C\CCCCCCC(=O)OC(CO)COP(=O)(O)OCC(CO)OC(=O)CCCCCCCC/C=C\C/C=C\C/C=C\CCCCC. The lowest BCUT2D eigenvalue weighted by molar-refractivity contribution is -0.153. The first kappa shape index (κ1) is 56.1. The number of phosphoric acid groups is 1. The van der Waals surface area contributed by atoms with E-state index in [0.29, 0.717) is 12.8 Å². The molecule has 59 heavy (non-hydrogen) atoms. The van der Waals surface area contributed by atoms with Gasteiger partial charge >= 0.3 is 19.8 Å². The molecule has 0 rings (SSSR count). The molecule has 0 aliphatic carbocycles. The van der Waals surface area contributed by atoms with Crippen LogP contribution in [0.3, 0.4) is 0 Å². The maximum Gasteiger partial charge on any atom is 0.472 e. The van der Waals surface area contributed by atoms with Gasteiger partial charge in [0, 0.05) is 12.8 Å². The molecular formula is C48H81O10P. The number of allylic oxidation sites excluding steroid dienone is 14. The molecule has 0 aliphatic rings. The van der Waals surface area contributed by atoms with E-state index in [1.54, 1.807) is 0 Å². The van der Waals surface area contributed by atoms with E-state index in [0.717, 1.165) is 103 Å². The Hall–Kier alpha value is -2.85. The van der Waals surface area contributed by atoms with Crippen LogP contribution in [0.4, 0.5) is 0 Å². The third-order valence-corrected chi connectivity index (χ3v) is 10.0. The zero-order valence-corrected chi connectivity index (χ0v) is 37.6. The Morgan fingerprint density at radius 3 is 1.15 bits per heavy atom. The van der Waals surface area contributed by atoms with Crippen molar-refractivity contribution < 1.29 is 47.8 Å². The first-order chi connectivity index (χ1) is 28.8. The fraction of sp³-hybridized carbons (Fsp3) is 0.667. The predicted octanol–water partition coefficient (Wildman–Crippen LogP) is 12.2. The highest BCUT2D eigenvalue weighted by Crippen LogP contribution is 2.43. The highest BCUT2D eigenvalue weighted by molar-refractivity contribution is 7.47. The molecule has 0 saturated carbocycles. The summed E-state index contributed by atoms with van der Waals surface area (Å²) in [6.07, 6.45) is 51.2. The first-order valence-electron chi connectivity index (χ1n) is 22.5. The van der Waals surface area contributed by atoms with Gasteiger partial charge < -0.3 is 24.6 Å². The average Bonchev–Trinajstić information content (AvgIpc) is 3.22. The predicted molar refractivity (Wildman–Crippen MR) is 242 cm³/mol. The summed E-state index contributed by atoms with van der Waals surface area (Å²) in [6, 6.07) is 0. The summed E-state index contributed by atoms with van der Waals surface area (Å²) in [5, 5.41) is 19.2. The van der Waals surface area contributed by atoms with Gasteiger partial charge in [-0.3, -0.25) is 18.6 Å². The Kier molecular flexibility index (Phi) is 41.2. The van der Waals surface area contributed by atoms with Crippen LogP contribution in [0.2, 0.25) is 0 Å². The Balaban J connectivity index is 3.98. The van der Waals surface area contributed by atoms with Crippen molar-refractivity contribution in [3.05, 3.63) is 85.1 Å². The zero-order valence-electron chi connectivity index (χ0n) is 36.7. The van der Waals surface area contributed by atoms with Crippen LogP contribution in [0.15, 0.2) is 85.1 Å². The number of phosphoric ester groups is 1. The second-order valence-corrected chi connectivity index (χ2v) is 16.1. The van der Waals surface area contributed by atoms with Crippen molar-refractivity contribution in [2.45, 2.75) is 180 Å². The van der Waals surface area contributed by atoms with Crippen molar-refractivity contribution >= 4 is 19.8 Å². The van der Waals surface area contributed by atoms with Crippen LogP contribution < -0.4 is 0 Å². The van der Waals surface area contributed by atoms with Gasteiger partial charge in [0.25, 0.3) is 0 Å². The molecule has 0 radical (unpaired) electrons. The van der Waals surface area contributed by atoms with E-state index < -0.39 is 58.4 Å². The number of hydrogen-bond donors (Lipinski definition) is 3. The lowest BCUT2D eigenvalue weighted by Crippen LogP contribution is -2.28. The molecule has 3 N–H and O–H groups in total. The molecule has 0 fully saturated rings. The summed E-state index contributed by atoms with van der Waals surface area (Å²) < 4.78 is 32.6.